The van der Waals surface area contributed by atoms with Crippen molar-refractivity contribution in [3.8, 4) is 5.75 Å². The van der Waals surface area contributed by atoms with E-state index < -0.39 is 17.8 Å². The Morgan fingerprint density at radius 1 is 1.12 bits per heavy atom. The summed E-state index contributed by atoms with van der Waals surface area (Å²) in [7, 11) is 1.42. The highest BCUT2D eigenvalue weighted by molar-refractivity contribution is 6.36. The maximum absolute atomic E-state index is 13.8. The number of hydrogen-bond acceptors (Lipinski definition) is 6. The number of fused-ring (bicyclic) bond motifs is 2. The van der Waals surface area contributed by atoms with Crippen LogP contribution in [0.1, 0.15) is 52.5 Å². The van der Waals surface area contributed by atoms with Crippen molar-refractivity contribution in [3.05, 3.63) is 81.3 Å². The van der Waals surface area contributed by atoms with Crippen LogP contribution in [0.2, 0.25) is 10.0 Å². The Bertz CT molecular complexity index is 1540. The van der Waals surface area contributed by atoms with E-state index in [2.05, 4.69) is 4.99 Å². The van der Waals surface area contributed by atoms with E-state index in [-0.39, 0.29) is 56.7 Å². The number of amides is 2. The summed E-state index contributed by atoms with van der Waals surface area (Å²) < 4.78 is 5.68. The first-order valence-electron chi connectivity index (χ1n) is 12.9. The van der Waals surface area contributed by atoms with Gasteiger partial charge in [-0.25, -0.2) is 0 Å². The Balaban J connectivity index is 1.73. The lowest BCUT2D eigenvalue weighted by atomic mass is 9.99. The molecule has 1 N–H and O–H groups in total. The molecular formula is C30H27Cl2N3O5. The predicted octanol–water partition coefficient (Wildman–Crippen LogP) is 5.99. The van der Waals surface area contributed by atoms with Crippen LogP contribution in [0.3, 0.4) is 0 Å². The second kappa shape index (κ2) is 11.4. The van der Waals surface area contributed by atoms with Gasteiger partial charge in [0.05, 0.1) is 40.8 Å². The summed E-state index contributed by atoms with van der Waals surface area (Å²) >= 11 is 12.7. The molecule has 10 heteroatoms. The Kier molecular flexibility index (Phi) is 7.94. The van der Waals surface area contributed by atoms with Gasteiger partial charge in [-0.05, 0) is 61.7 Å². The molecule has 2 aliphatic heterocycles. The molecule has 1 fully saturated rings. The van der Waals surface area contributed by atoms with E-state index in [1.54, 1.807) is 60.5 Å². The highest BCUT2D eigenvalue weighted by Gasteiger charge is 2.35. The first-order chi connectivity index (χ1) is 19.2. The third-order valence-corrected chi connectivity index (χ3v) is 7.73. The number of carbonyl (C=O) groups is 3. The third-order valence-electron chi connectivity index (χ3n) is 7.17. The van der Waals surface area contributed by atoms with Gasteiger partial charge in [0.2, 0.25) is 0 Å². The molecule has 5 rings (SSSR count). The maximum Gasteiger partial charge on any atom is 0.260 e. The fourth-order valence-electron chi connectivity index (χ4n) is 5.06. The molecule has 206 valence electrons. The average molecular weight is 580 g/mol. The van der Waals surface area contributed by atoms with Crippen LogP contribution < -0.4 is 9.64 Å². The predicted molar refractivity (Wildman–Crippen MR) is 155 cm³/mol. The molecule has 0 saturated carbocycles. The fraction of sp³-hybridized carbons (Fsp3) is 0.267. The number of hydrogen-bond donors (Lipinski definition) is 1. The summed E-state index contributed by atoms with van der Waals surface area (Å²) in [4.78, 5) is 48.6. The van der Waals surface area contributed by atoms with Crippen LogP contribution in [0, 0.1) is 0 Å². The Morgan fingerprint density at radius 2 is 1.90 bits per heavy atom. The lowest BCUT2D eigenvalue weighted by Gasteiger charge is -2.29. The second-order valence-corrected chi connectivity index (χ2v) is 10.4. The third kappa shape index (κ3) is 4.98. The number of anilines is 2. The molecular weight excluding hydrogens is 553 g/mol. The molecule has 0 aliphatic carbocycles. The van der Waals surface area contributed by atoms with Crippen LogP contribution in [-0.2, 0) is 4.79 Å². The number of rotatable bonds is 7. The summed E-state index contributed by atoms with van der Waals surface area (Å²) in [6.45, 7) is 2.30. The van der Waals surface area contributed by atoms with Crippen molar-refractivity contribution in [2.45, 2.75) is 38.3 Å². The highest BCUT2D eigenvalue weighted by Crippen LogP contribution is 2.43. The maximum atomic E-state index is 13.8. The normalized spacial score (nSPS) is 16.7. The number of benzene rings is 3. The standard InChI is InChI=1S/C30H27Cl2N3O5/c1-3-26(36)30(39)35(24-11-10-17(31)13-21(24)28(37)19-8-4-5-9-22(19)32)25-15-23-20(14-27(25)40-2)29(38)34-12-6-7-18(34)16-33-23/h4-5,8-11,13-16,18,26,36H,3,6-7,12H2,1-2H3/t18-,26?/m0/s1. The van der Waals surface area contributed by atoms with Crippen molar-refractivity contribution >= 4 is 64.1 Å². The SMILES string of the molecule is CCC(O)C(=O)N(c1cc2c(cc1OC)C(=O)N1CCC[C@H]1C=N2)c1ccc(Cl)cc1C(=O)c1ccccc1Cl. The van der Waals surface area contributed by atoms with Crippen molar-refractivity contribution in [2.24, 2.45) is 4.99 Å². The molecule has 8 nitrogen and oxygen atoms in total. The number of ether oxygens (including phenoxy) is 1. The van der Waals surface area contributed by atoms with Crippen molar-refractivity contribution < 1.29 is 24.2 Å². The minimum Gasteiger partial charge on any atom is -0.495 e. The smallest absolute Gasteiger partial charge is 0.260 e. The summed E-state index contributed by atoms with van der Waals surface area (Å²) in [6, 6.07) is 14.1. The molecule has 40 heavy (non-hydrogen) atoms. The zero-order valence-electron chi connectivity index (χ0n) is 21.9. The van der Waals surface area contributed by atoms with Gasteiger partial charge in [0.15, 0.2) is 5.78 Å². The van der Waals surface area contributed by atoms with Gasteiger partial charge >= 0.3 is 0 Å². The van der Waals surface area contributed by atoms with E-state index in [1.807, 2.05) is 0 Å². The van der Waals surface area contributed by atoms with Crippen molar-refractivity contribution in [3.63, 3.8) is 0 Å². The average Bonchev–Trinajstić information content (AvgIpc) is 3.40. The molecule has 0 aromatic heterocycles. The van der Waals surface area contributed by atoms with Crippen LogP contribution in [0.15, 0.2) is 59.6 Å². The van der Waals surface area contributed by atoms with Gasteiger partial charge in [-0.1, -0.05) is 42.3 Å². The molecule has 1 unspecified atom stereocenters. The lowest BCUT2D eigenvalue weighted by Crippen LogP contribution is -2.37. The van der Waals surface area contributed by atoms with Crippen molar-refractivity contribution in [1.82, 2.24) is 4.90 Å². The van der Waals surface area contributed by atoms with E-state index in [4.69, 9.17) is 27.9 Å². The lowest BCUT2D eigenvalue weighted by molar-refractivity contribution is -0.125. The molecule has 1 saturated heterocycles. The summed E-state index contributed by atoms with van der Waals surface area (Å²) in [5.74, 6) is -1.13. The van der Waals surface area contributed by atoms with Crippen LogP contribution in [0.25, 0.3) is 0 Å². The Hall–Kier alpha value is -3.72. The number of aliphatic hydroxyl groups excluding tert-OH is 1. The molecule has 0 radical (unpaired) electrons. The monoisotopic (exact) mass is 579 g/mol. The van der Waals surface area contributed by atoms with E-state index in [1.165, 1.54) is 24.1 Å². The largest absolute Gasteiger partial charge is 0.495 e. The van der Waals surface area contributed by atoms with Gasteiger partial charge < -0.3 is 14.7 Å². The molecule has 2 heterocycles. The molecule has 0 bridgehead atoms. The Labute approximate surface area is 241 Å². The van der Waals surface area contributed by atoms with Gasteiger partial charge in [-0.15, -0.1) is 0 Å². The van der Waals surface area contributed by atoms with Crippen LogP contribution in [-0.4, -0.2) is 59.6 Å². The minimum absolute atomic E-state index is 0.0921. The van der Waals surface area contributed by atoms with Gasteiger partial charge in [0, 0.05) is 28.9 Å². The quantitative estimate of drug-likeness (QED) is 0.346. The number of halogens is 2. The first kappa shape index (κ1) is 27.8. The Morgan fingerprint density at radius 3 is 2.62 bits per heavy atom. The van der Waals surface area contributed by atoms with Crippen LogP contribution in [0.5, 0.6) is 5.75 Å². The number of carbonyl (C=O) groups excluding carboxylic acids is 3. The zero-order valence-corrected chi connectivity index (χ0v) is 23.4. The summed E-state index contributed by atoms with van der Waals surface area (Å²) in [5, 5.41) is 11.2. The number of aliphatic imine (C=N–C) groups is 1. The van der Waals surface area contributed by atoms with Crippen molar-refractivity contribution in [1.29, 1.82) is 0 Å². The van der Waals surface area contributed by atoms with Gasteiger partial charge in [0.25, 0.3) is 11.8 Å². The zero-order chi connectivity index (χ0) is 28.6. The number of ketones is 1. The summed E-state index contributed by atoms with van der Waals surface area (Å²) in [6.07, 6.45) is 2.19. The minimum atomic E-state index is -1.39. The first-order valence-corrected chi connectivity index (χ1v) is 13.7. The van der Waals surface area contributed by atoms with Crippen LogP contribution >= 0.6 is 23.2 Å². The van der Waals surface area contributed by atoms with E-state index in [0.29, 0.717) is 17.8 Å². The van der Waals surface area contributed by atoms with Gasteiger partial charge in [0.1, 0.15) is 11.9 Å². The molecule has 2 amide bonds. The van der Waals surface area contributed by atoms with Gasteiger partial charge in [-0.3, -0.25) is 24.3 Å². The number of methoxy groups -OCH3 is 1. The number of aliphatic hydroxyl groups is 1. The highest BCUT2D eigenvalue weighted by atomic mass is 35.5. The molecule has 3 aromatic rings. The van der Waals surface area contributed by atoms with Crippen molar-refractivity contribution in [2.75, 3.05) is 18.6 Å². The van der Waals surface area contributed by atoms with E-state index >= 15 is 0 Å². The molecule has 0 spiro atoms. The topological polar surface area (TPSA) is 99.5 Å². The molecule has 3 aromatic carbocycles. The summed E-state index contributed by atoms with van der Waals surface area (Å²) in [5.41, 5.74) is 1.38. The number of nitrogens with zero attached hydrogens (tertiary/aromatic N) is 3. The molecule has 2 aliphatic rings. The van der Waals surface area contributed by atoms with E-state index in [9.17, 15) is 19.5 Å². The van der Waals surface area contributed by atoms with Crippen LogP contribution in [0.4, 0.5) is 17.1 Å². The fourth-order valence-corrected chi connectivity index (χ4v) is 5.45. The second-order valence-electron chi connectivity index (χ2n) is 9.60. The molecule has 2 atom stereocenters. The van der Waals surface area contributed by atoms with E-state index in [0.717, 1.165) is 12.8 Å². The van der Waals surface area contributed by atoms with Gasteiger partial charge in [-0.2, -0.15) is 0 Å².